The van der Waals surface area contributed by atoms with Crippen LogP contribution in [0.1, 0.15) is 18.4 Å². The first-order valence-electron chi connectivity index (χ1n) is 9.91. The number of carbonyl (C=O) groups is 2. The van der Waals surface area contributed by atoms with Crippen molar-refractivity contribution < 1.29 is 22.8 Å². The van der Waals surface area contributed by atoms with E-state index in [0.29, 0.717) is 41.9 Å². The molecule has 2 aromatic carbocycles. The fraction of sp³-hybridized carbons (Fsp3) is 0.217. The zero-order chi connectivity index (χ0) is 22.0. The van der Waals surface area contributed by atoms with Crippen LogP contribution in [-0.2, 0) is 16.0 Å². The van der Waals surface area contributed by atoms with E-state index in [1.807, 2.05) is 0 Å². The number of rotatable bonds is 6. The maximum Gasteiger partial charge on any atom is 0.242 e. The van der Waals surface area contributed by atoms with E-state index >= 15 is 0 Å². The second-order valence-corrected chi connectivity index (χ2v) is 7.39. The lowest BCUT2D eigenvalue weighted by Crippen LogP contribution is -2.40. The van der Waals surface area contributed by atoms with E-state index in [1.54, 1.807) is 18.2 Å². The molecule has 1 atom stereocenters. The highest BCUT2D eigenvalue weighted by Gasteiger charge is 2.25. The Labute approximate surface area is 176 Å². The third kappa shape index (κ3) is 4.47. The lowest BCUT2D eigenvalue weighted by Gasteiger charge is -2.10. The van der Waals surface area contributed by atoms with Gasteiger partial charge in [-0.3, -0.25) is 9.59 Å². The molecule has 0 saturated carbocycles. The number of aryl methyl sites for hydroxylation is 1. The van der Waals surface area contributed by atoms with Gasteiger partial charge in [0.2, 0.25) is 11.8 Å². The smallest absolute Gasteiger partial charge is 0.242 e. The highest BCUT2D eigenvalue weighted by atomic mass is 19.2. The molecule has 2 heterocycles. The Bertz CT molecular complexity index is 1130. The molecule has 3 N–H and O–H groups in total. The summed E-state index contributed by atoms with van der Waals surface area (Å²) in [7, 11) is 0. The molecule has 1 aliphatic rings. The molecule has 1 saturated heterocycles. The maximum absolute atomic E-state index is 14.3. The van der Waals surface area contributed by atoms with Crippen LogP contribution in [0, 0.1) is 17.5 Å². The highest BCUT2D eigenvalue weighted by molar-refractivity contribution is 5.89. The first kappa shape index (κ1) is 20.7. The van der Waals surface area contributed by atoms with Crippen LogP contribution in [0.3, 0.4) is 0 Å². The first-order valence-corrected chi connectivity index (χ1v) is 9.91. The molecule has 0 spiro atoms. The summed E-state index contributed by atoms with van der Waals surface area (Å²) in [6, 6.07) is 10.8. The Morgan fingerprint density at radius 1 is 1.10 bits per heavy atom. The number of hydrogen-bond donors (Lipinski definition) is 3. The minimum atomic E-state index is -0.981. The molecule has 1 aromatic heterocycles. The molecule has 1 fully saturated rings. The van der Waals surface area contributed by atoms with Crippen LogP contribution < -0.4 is 10.6 Å². The van der Waals surface area contributed by atoms with Crippen LogP contribution in [0.4, 0.5) is 13.2 Å². The van der Waals surface area contributed by atoms with Gasteiger partial charge >= 0.3 is 0 Å². The molecule has 1 aliphatic heterocycles. The number of benzene rings is 2. The summed E-state index contributed by atoms with van der Waals surface area (Å²) in [6.07, 6.45) is 0.930. The predicted molar refractivity (Wildman–Crippen MR) is 109 cm³/mol. The molecule has 3 aromatic rings. The summed E-state index contributed by atoms with van der Waals surface area (Å²) >= 11 is 0. The number of hydrogen-bond acceptors (Lipinski definition) is 2. The number of halogens is 3. The largest absolute Gasteiger partial charge is 0.354 e. The Morgan fingerprint density at radius 2 is 1.87 bits per heavy atom. The van der Waals surface area contributed by atoms with E-state index in [4.69, 9.17) is 0 Å². The van der Waals surface area contributed by atoms with Crippen LogP contribution in [-0.4, -0.2) is 29.4 Å². The Balaban J connectivity index is 1.61. The van der Waals surface area contributed by atoms with Gasteiger partial charge < -0.3 is 15.6 Å². The quantitative estimate of drug-likeness (QED) is 0.561. The van der Waals surface area contributed by atoms with Crippen molar-refractivity contribution in [2.24, 2.45) is 0 Å². The maximum atomic E-state index is 14.3. The van der Waals surface area contributed by atoms with Gasteiger partial charge in [0.25, 0.3) is 0 Å². The van der Waals surface area contributed by atoms with Crippen molar-refractivity contribution in [3.05, 3.63) is 71.5 Å². The van der Waals surface area contributed by atoms with E-state index in [9.17, 15) is 22.8 Å². The molecular formula is C23H20F3N3O2. The highest BCUT2D eigenvalue weighted by Crippen LogP contribution is 2.32. The third-order valence-electron chi connectivity index (χ3n) is 5.28. The van der Waals surface area contributed by atoms with E-state index < -0.39 is 23.5 Å². The van der Waals surface area contributed by atoms with Gasteiger partial charge in [-0.1, -0.05) is 6.07 Å². The average molecular weight is 427 g/mol. The fourth-order valence-electron chi connectivity index (χ4n) is 3.67. The van der Waals surface area contributed by atoms with Crippen molar-refractivity contribution in [1.29, 1.82) is 0 Å². The minimum absolute atomic E-state index is 0.0571. The molecule has 1 unspecified atom stereocenters. The summed E-state index contributed by atoms with van der Waals surface area (Å²) < 4.78 is 41.4. The molecule has 5 nitrogen and oxygen atoms in total. The number of H-pyrrole nitrogens is 1. The second kappa shape index (κ2) is 8.67. The van der Waals surface area contributed by atoms with Gasteiger partial charge in [-0.2, -0.15) is 0 Å². The monoisotopic (exact) mass is 427 g/mol. The van der Waals surface area contributed by atoms with Gasteiger partial charge in [0, 0.05) is 29.9 Å². The molecule has 0 aliphatic carbocycles. The van der Waals surface area contributed by atoms with Crippen molar-refractivity contribution in [3.63, 3.8) is 0 Å². The number of aromatic amines is 1. The van der Waals surface area contributed by atoms with Gasteiger partial charge in [-0.15, -0.1) is 0 Å². The molecule has 0 radical (unpaired) electrons. The van der Waals surface area contributed by atoms with E-state index in [-0.39, 0.29) is 23.8 Å². The van der Waals surface area contributed by atoms with Crippen LogP contribution in [0.5, 0.6) is 0 Å². The van der Waals surface area contributed by atoms with Crippen molar-refractivity contribution >= 4 is 11.8 Å². The van der Waals surface area contributed by atoms with Crippen molar-refractivity contribution in [1.82, 2.24) is 15.6 Å². The molecule has 31 heavy (non-hydrogen) atoms. The van der Waals surface area contributed by atoms with Crippen molar-refractivity contribution in [2.45, 2.75) is 25.3 Å². The molecule has 160 valence electrons. The summed E-state index contributed by atoms with van der Waals surface area (Å²) in [6.45, 7) is 0.527. The SMILES string of the molecule is O=C(CCc1cc(-c2cccc(F)c2F)[nH]c1-c1ccc(F)cc1)NC1CCNC1=O. The standard InChI is InChI=1S/C23H20F3N3O2/c24-15-7-4-13(5-8-15)22-14(6-9-20(30)28-18-10-11-27-23(18)31)12-19(29-22)16-2-1-3-17(25)21(16)26/h1-5,7-8,12,18,29H,6,9-11H2,(H,27,31)(H,28,30). The second-order valence-electron chi connectivity index (χ2n) is 7.39. The number of nitrogens with one attached hydrogen (secondary N) is 3. The van der Waals surface area contributed by atoms with Gasteiger partial charge in [0.05, 0.1) is 0 Å². The van der Waals surface area contributed by atoms with Crippen molar-refractivity contribution in [3.8, 4) is 22.5 Å². The summed E-state index contributed by atoms with van der Waals surface area (Å²) in [4.78, 5) is 27.0. The van der Waals surface area contributed by atoms with E-state index in [1.165, 1.54) is 24.3 Å². The van der Waals surface area contributed by atoms with Gasteiger partial charge in [0.15, 0.2) is 11.6 Å². The summed E-state index contributed by atoms with van der Waals surface area (Å²) in [5, 5.41) is 5.36. The summed E-state index contributed by atoms with van der Waals surface area (Å²) in [5.74, 6) is -2.84. The van der Waals surface area contributed by atoms with E-state index in [0.717, 1.165) is 6.07 Å². The minimum Gasteiger partial charge on any atom is -0.354 e. The molecule has 8 heteroatoms. The lowest BCUT2D eigenvalue weighted by atomic mass is 10.0. The number of amides is 2. The van der Waals surface area contributed by atoms with Gasteiger partial charge in [0.1, 0.15) is 11.9 Å². The van der Waals surface area contributed by atoms with Crippen LogP contribution in [0.2, 0.25) is 0 Å². The zero-order valence-corrected chi connectivity index (χ0v) is 16.5. The van der Waals surface area contributed by atoms with Crippen LogP contribution >= 0.6 is 0 Å². The van der Waals surface area contributed by atoms with Gasteiger partial charge in [-0.05, 0) is 66.4 Å². The first-order chi connectivity index (χ1) is 14.9. The summed E-state index contributed by atoms with van der Waals surface area (Å²) in [5.41, 5.74) is 2.33. The van der Waals surface area contributed by atoms with Gasteiger partial charge in [-0.25, -0.2) is 13.2 Å². The van der Waals surface area contributed by atoms with Crippen LogP contribution in [0.15, 0.2) is 48.5 Å². The van der Waals surface area contributed by atoms with E-state index in [2.05, 4.69) is 15.6 Å². The predicted octanol–water partition coefficient (Wildman–Crippen LogP) is 3.70. The lowest BCUT2D eigenvalue weighted by molar-refractivity contribution is -0.127. The molecule has 0 bridgehead atoms. The molecular weight excluding hydrogens is 407 g/mol. The average Bonchev–Trinajstić information content (AvgIpc) is 3.35. The molecule has 4 rings (SSSR count). The van der Waals surface area contributed by atoms with Crippen LogP contribution in [0.25, 0.3) is 22.5 Å². The fourth-order valence-corrected chi connectivity index (χ4v) is 3.67. The Hall–Kier alpha value is -3.55. The Morgan fingerprint density at radius 3 is 2.58 bits per heavy atom. The van der Waals surface area contributed by atoms with Crippen molar-refractivity contribution in [2.75, 3.05) is 6.54 Å². The zero-order valence-electron chi connectivity index (χ0n) is 16.5. The Kier molecular flexibility index (Phi) is 5.79. The number of carbonyl (C=O) groups excluding carboxylic acids is 2. The topological polar surface area (TPSA) is 74.0 Å². The normalized spacial score (nSPS) is 15.7. The third-order valence-corrected chi connectivity index (χ3v) is 5.28. The number of aromatic nitrogens is 1. The molecule has 2 amide bonds.